The maximum atomic E-state index is 11.8. The Bertz CT molecular complexity index is 888. The third-order valence-electron chi connectivity index (χ3n) is 4.63. The summed E-state index contributed by atoms with van der Waals surface area (Å²) < 4.78 is 0.811. The zero-order chi connectivity index (χ0) is 18.8. The van der Waals surface area contributed by atoms with Crippen LogP contribution in [0, 0.1) is 0 Å². The number of rotatable bonds is 5. The van der Waals surface area contributed by atoms with Gasteiger partial charge in [-0.2, -0.15) is 0 Å². The fraction of sp³-hybridized carbons (Fsp3) is 0.211. The molecule has 26 heavy (non-hydrogen) atoms. The molecular weight excluding hydrogens is 396 g/mol. The minimum atomic E-state index is -0.0548. The summed E-state index contributed by atoms with van der Waals surface area (Å²) in [5.74, 6) is 0.534. The van der Waals surface area contributed by atoms with Crippen molar-refractivity contribution in [3.63, 3.8) is 0 Å². The maximum absolute atomic E-state index is 11.8. The van der Waals surface area contributed by atoms with Gasteiger partial charge in [0.25, 0.3) is 0 Å². The molecule has 0 spiro atoms. The first-order chi connectivity index (χ1) is 12.4. The molecule has 0 radical (unpaired) electrons. The number of nitrogens with one attached hydrogen (secondary N) is 1. The van der Waals surface area contributed by atoms with Crippen molar-refractivity contribution in [2.45, 2.75) is 18.9 Å². The fourth-order valence-corrected chi connectivity index (χ4v) is 3.68. The number of phenols is 1. The van der Waals surface area contributed by atoms with Gasteiger partial charge in [-0.15, -0.1) is 0 Å². The van der Waals surface area contributed by atoms with Crippen molar-refractivity contribution in [3.05, 3.63) is 58.2 Å². The molecule has 1 saturated heterocycles. The van der Waals surface area contributed by atoms with E-state index in [1.807, 2.05) is 0 Å². The number of halogens is 1. The van der Waals surface area contributed by atoms with Crippen molar-refractivity contribution >= 4 is 39.4 Å². The van der Waals surface area contributed by atoms with Gasteiger partial charge in [-0.1, -0.05) is 18.7 Å². The Morgan fingerprint density at radius 2 is 2.19 bits per heavy atom. The number of hydrogen-bond donors (Lipinski definition) is 4. The van der Waals surface area contributed by atoms with Crippen molar-refractivity contribution in [2.75, 3.05) is 12.3 Å². The Labute approximate surface area is 160 Å². The minimum Gasteiger partial charge on any atom is -0.507 e. The highest BCUT2D eigenvalue weighted by Gasteiger charge is 2.32. The average molecular weight is 417 g/mol. The fourth-order valence-electron chi connectivity index (χ4n) is 3.09. The van der Waals surface area contributed by atoms with Gasteiger partial charge in [0.15, 0.2) is 0 Å². The van der Waals surface area contributed by atoms with Gasteiger partial charge in [-0.25, -0.2) is 0 Å². The first-order valence-electron chi connectivity index (χ1n) is 8.26. The van der Waals surface area contributed by atoms with E-state index >= 15 is 0 Å². The molecule has 6 N–H and O–H groups in total. The number of amides is 1. The van der Waals surface area contributed by atoms with Crippen molar-refractivity contribution in [3.8, 4) is 5.75 Å². The average Bonchev–Trinajstić information content (AvgIpc) is 2.86. The smallest absolute Gasteiger partial charge is 0.246 e. The topological polar surface area (TPSA) is 108 Å². The lowest BCUT2D eigenvalue weighted by Crippen LogP contribution is -2.51. The van der Waals surface area contributed by atoms with E-state index in [9.17, 15) is 9.90 Å². The molecule has 6 nitrogen and oxygen atoms in total. The maximum Gasteiger partial charge on any atom is 0.246 e. The van der Waals surface area contributed by atoms with Crippen molar-refractivity contribution in [1.82, 2.24) is 9.88 Å². The first kappa shape index (κ1) is 18.1. The number of anilines is 1. The largest absolute Gasteiger partial charge is 0.507 e. The molecule has 0 bridgehead atoms. The number of benzene rings is 1. The van der Waals surface area contributed by atoms with Crippen LogP contribution in [0.2, 0.25) is 0 Å². The van der Waals surface area contributed by atoms with Crippen LogP contribution in [0.3, 0.4) is 0 Å². The van der Waals surface area contributed by atoms with Crippen molar-refractivity contribution < 1.29 is 9.90 Å². The highest BCUT2D eigenvalue weighted by molar-refractivity contribution is 9.10. The van der Waals surface area contributed by atoms with Gasteiger partial charge in [0.05, 0.1) is 0 Å². The number of carbonyl (C=O) groups excluding carboxylic acids is 1. The van der Waals surface area contributed by atoms with Crippen LogP contribution in [0.25, 0.3) is 11.8 Å². The third kappa shape index (κ3) is 3.35. The van der Waals surface area contributed by atoms with E-state index in [2.05, 4.69) is 27.5 Å². The molecule has 1 atom stereocenters. The summed E-state index contributed by atoms with van der Waals surface area (Å²) in [5, 5.41) is 9.95. The van der Waals surface area contributed by atoms with Crippen LogP contribution in [0.15, 0.2) is 41.4 Å². The number of H-pyrrole nitrogens is 1. The van der Waals surface area contributed by atoms with E-state index in [0.717, 1.165) is 28.7 Å². The highest BCUT2D eigenvalue weighted by Crippen LogP contribution is 2.34. The number of aromatic hydroxyl groups is 1. The number of phenolic OH excluding ortho intramolecular Hbond substituents is 1. The molecule has 1 aromatic carbocycles. The molecule has 1 aliphatic rings. The predicted molar refractivity (Wildman–Crippen MR) is 107 cm³/mol. The lowest BCUT2D eigenvalue weighted by Gasteiger charge is -2.40. The Balaban J connectivity index is 1.85. The van der Waals surface area contributed by atoms with Crippen LogP contribution in [0.4, 0.5) is 5.82 Å². The predicted octanol–water partition coefficient (Wildman–Crippen LogP) is 2.85. The van der Waals surface area contributed by atoms with Crippen LogP contribution in [0.1, 0.15) is 23.2 Å². The molecule has 2 heterocycles. The lowest BCUT2D eigenvalue weighted by atomic mass is 9.97. The van der Waals surface area contributed by atoms with Gasteiger partial charge < -0.3 is 26.5 Å². The summed E-state index contributed by atoms with van der Waals surface area (Å²) >= 11 is 3.58. The number of nitrogens with zero attached hydrogens (tertiary/aromatic N) is 1. The van der Waals surface area contributed by atoms with Crippen LogP contribution in [-0.2, 0) is 11.2 Å². The van der Waals surface area contributed by atoms with Crippen LogP contribution >= 0.6 is 15.9 Å². The third-order valence-corrected chi connectivity index (χ3v) is 5.54. The van der Waals surface area contributed by atoms with Gasteiger partial charge in [-0.3, -0.25) is 4.79 Å². The van der Waals surface area contributed by atoms with Crippen molar-refractivity contribution in [2.24, 2.45) is 5.73 Å². The summed E-state index contributed by atoms with van der Waals surface area (Å²) in [6.07, 6.45) is 4.66. The number of aromatic amines is 1. The zero-order valence-electron chi connectivity index (χ0n) is 14.2. The number of likely N-dealkylation sites (tertiary alicyclic amines) is 1. The zero-order valence-corrected chi connectivity index (χ0v) is 15.8. The second-order valence-corrected chi connectivity index (χ2v) is 7.04. The van der Waals surface area contributed by atoms with E-state index < -0.39 is 0 Å². The molecule has 1 aliphatic heterocycles. The highest BCUT2D eigenvalue weighted by atomic mass is 79.9. The van der Waals surface area contributed by atoms with Gasteiger partial charge >= 0.3 is 0 Å². The summed E-state index contributed by atoms with van der Waals surface area (Å²) in [5.41, 5.74) is 14.8. The van der Waals surface area contributed by atoms with Gasteiger partial charge in [0.1, 0.15) is 11.6 Å². The molecule has 1 amide bonds. The first-order valence-corrected chi connectivity index (χ1v) is 9.06. The second kappa shape index (κ2) is 7.29. The lowest BCUT2D eigenvalue weighted by molar-refractivity contribution is -0.133. The molecule has 136 valence electrons. The van der Waals surface area contributed by atoms with Gasteiger partial charge in [0.2, 0.25) is 5.91 Å². The van der Waals surface area contributed by atoms with E-state index in [1.54, 1.807) is 35.2 Å². The quantitative estimate of drug-likeness (QED) is 0.561. The number of aromatic nitrogens is 1. The molecule has 7 heteroatoms. The number of nitrogen functional groups attached to an aromatic ring is 1. The summed E-state index contributed by atoms with van der Waals surface area (Å²) in [7, 11) is 0. The molecule has 3 rings (SSSR count). The number of nitrogens with two attached hydrogens (primary N) is 2. The second-order valence-electron chi connectivity index (χ2n) is 6.24. The van der Waals surface area contributed by atoms with Crippen LogP contribution < -0.4 is 11.5 Å². The SMILES string of the molecule is C=CC(=O)N1CCC1Cc1[nH]c(N)c(/C=C(\N)c2ccccc2O)c1Br. The van der Waals surface area contributed by atoms with E-state index in [-0.39, 0.29) is 17.7 Å². The molecule has 2 aromatic rings. The van der Waals surface area contributed by atoms with Crippen LogP contribution in [-0.4, -0.2) is 33.5 Å². The molecule has 0 saturated carbocycles. The Morgan fingerprint density at radius 3 is 2.81 bits per heavy atom. The minimum absolute atomic E-state index is 0.0548. The Hall–Kier alpha value is -2.67. The standard InChI is InChI=1S/C19H21BrN4O2/c1-2-17(26)24-8-7-11(24)9-15-18(20)13(19(22)23-15)10-14(21)12-5-3-4-6-16(12)25/h2-6,10-11,23,25H,1,7-9,21-22H2/b14-10-. The van der Waals surface area contributed by atoms with E-state index in [0.29, 0.717) is 23.5 Å². The number of hydrogen-bond acceptors (Lipinski definition) is 4. The van der Waals surface area contributed by atoms with Gasteiger partial charge in [0, 0.05) is 46.0 Å². The number of para-hydroxylation sites is 1. The summed E-state index contributed by atoms with van der Waals surface area (Å²) in [4.78, 5) is 16.8. The van der Waals surface area contributed by atoms with E-state index in [1.165, 1.54) is 6.08 Å². The van der Waals surface area contributed by atoms with E-state index in [4.69, 9.17) is 11.5 Å². The summed E-state index contributed by atoms with van der Waals surface area (Å²) in [6.45, 7) is 4.29. The summed E-state index contributed by atoms with van der Waals surface area (Å²) in [6, 6.07) is 6.99. The van der Waals surface area contributed by atoms with Crippen molar-refractivity contribution in [1.29, 1.82) is 0 Å². The molecular formula is C19H21BrN4O2. The van der Waals surface area contributed by atoms with Gasteiger partial charge in [-0.05, 0) is 46.6 Å². The monoisotopic (exact) mass is 416 g/mol. The Kier molecular flexibility index (Phi) is 5.08. The molecule has 1 aromatic heterocycles. The molecule has 0 aliphatic carbocycles. The molecule has 1 unspecified atom stereocenters. The normalized spacial score (nSPS) is 17.0. The molecule has 1 fully saturated rings. The number of carbonyl (C=O) groups is 1. The van der Waals surface area contributed by atoms with Crippen LogP contribution in [0.5, 0.6) is 5.75 Å². The Morgan fingerprint density at radius 1 is 1.46 bits per heavy atom.